The van der Waals surface area contributed by atoms with Crippen molar-refractivity contribution in [3.05, 3.63) is 47.9 Å². The van der Waals surface area contributed by atoms with Gasteiger partial charge in [0.25, 0.3) is 0 Å². The molecular weight excluding hydrogens is 336 g/mol. The minimum absolute atomic E-state index is 0.0367. The van der Waals surface area contributed by atoms with Crippen molar-refractivity contribution in [2.75, 3.05) is 18.0 Å². The Hall–Kier alpha value is -3.29. The highest BCUT2D eigenvalue weighted by atomic mass is 16.3. The van der Waals surface area contributed by atoms with Crippen LogP contribution in [0.2, 0.25) is 0 Å². The summed E-state index contributed by atoms with van der Waals surface area (Å²) < 4.78 is 5.05. The second-order valence-electron chi connectivity index (χ2n) is 5.38. The second-order valence-corrected chi connectivity index (χ2v) is 5.38. The number of benzene rings is 1. The van der Waals surface area contributed by atoms with Crippen molar-refractivity contribution < 1.29 is 19.1 Å². The molecule has 2 rings (SSSR count). The maximum atomic E-state index is 11.7. The Balaban J connectivity index is 1.88. The molecule has 0 bridgehead atoms. The topological polar surface area (TPSA) is 107 Å². The molecule has 0 fully saturated rings. The molecule has 0 radical (unpaired) electrons. The number of carbonyl (C=O) groups excluding carboxylic acids is 2. The lowest BCUT2D eigenvalue weighted by molar-refractivity contribution is -0.139. The van der Waals surface area contributed by atoms with Crippen LogP contribution >= 0.6 is 0 Å². The molecule has 8 heteroatoms. The normalized spacial score (nSPS) is 10.7. The smallest absolute Gasteiger partial charge is 0.329 e. The third-order valence-corrected chi connectivity index (χ3v) is 3.72. The summed E-state index contributed by atoms with van der Waals surface area (Å²) in [5.74, 6) is -1.17. The summed E-state index contributed by atoms with van der Waals surface area (Å²) in [7, 11) is 0. The van der Waals surface area contributed by atoms with Crippen molar-refractivity contribution in [1.29, 1.82) is 0 Å². The van der Waals surface area contributed by atoms with Gasteiger partial charge in [0, 0.05) is 30.4 Å². The first kappa shape index (κ1) is 19.0. The highest BCUT2D eigenvalue weighted by Crippen LogP contribution is 2.23. The van der Waals surface area contributed by atoms with Gasteiger partial charge >= 0.3 is 11.8 Å². The zero-order valence-electron chi connectivity index (χ0n) is 14.7. The third kappa shape index (κ3) is 5.10. The molecule has 8 nitrogen and oxygen atoms in total. The summed E-state index contributed by atoms with van der Waals surface area (Å²) in [6, 6.07) is 8.54. The number of phenols is 1. The number of rotatable bonds is 7. The van der Waals surface area contributed by atoms with Crippen molar-refractivity contribution in [2.45, 2.75) is 20.4 Å². The fraction of sp³-hybridized carbons (Fsp3) is 0.278. The van der Waals surface area contributed by atoms with Gasteiger partial charge in [-0.25, -0.2) is 5.43 Å². The Labute approximate surface area is 151 Å². The van der Waals surface area contributed by atoms with Crippen LogP contribution in [0, 0.1) is 0 Å². The Kier molecular flexibility index (Phi) is 6.78. The molecule has 26 heavy (non-hydrogen) atoms. The van der Waals surface area contributed by atoms with Gasteiger partial charge in [0.2, 0.25) is 0 Å². The van der Waals surface area contributed by atoms with Crippen LogP contribution in [0.1, 0.15) is 25.2 Å². The Morgan fingerprint density at radius 1 is 1.23 bits per heavy atom. The number of anilines is 1. The standard InChI is InChI=1S/C18H22N4O4/c1-3-22(4-2)14-8-7-13(16(23)10-14)11-20-21-18(25)17(24)19-12-15-6-5-9-26-15/h5-11,23H,3-4,12H2,1-2H3,(H,19,24)(H,21,25)/b20-11+. The lowest BCUT2D eigenvalue weighted by Gasteiger charge is -2.21. The van der Waals surface area contributed by atoms with Gasteiger partial charge in [-0.05, 0) is 38.1 Å². The lowest BCUT2D eigenvalue weighted by atomic mass is 10.2. The molecule has 0 saturated carbocycles. The average molecular weight is 358 g/mol. The van der Waals surface area contributed by atoms with Crippen LogP contribution in [0.15, 0.2) is 46.1 Å². The van der Waals surface area contributed by atoms with Gasteiger partial charge in [0.15, 0.2) is 0 Å². The van der Waals surface area contributed by atoms with Crippen molar-refractivity contribution in [2.24, 2.45) is 5.10 Å². The Morgan fingerprint density at radius 3 is 2.62 bits per heavy atom. The summed E-state index contributed by atoms with van der Waals surface area (Å²) >= 11 is 0. The molecule has 0 saturated heterocycles. The minimum atomic E-state index is -0.910. The maximum Gasteiger partial charge on any atom is 0.329 e. The van der Waals surface area contributed by atoms with Crippen molar-refractivity contribution in [1.82, 2.24) is 10.7 Å². The van der Waals surface area contributed by atoms with E-state index in [1.54, 1.807) is 24.3 Å². The van der Waals surface area contributed by atoms with E-state index in [4.69, 9.17) is 4.42 Å². The van der Waals surface area contributed by atoms with Crippen LogP contribution in [-0.2, 0) is 16.1 Å². The van der Waals surface area contributed by atoms with E-state index in [-0.39, 0.29) is 12.3 Å². The minimum Gasteiger partial charge on any atom is -0.507 e. The number of amides is 2. The van der Waals surface area contributed by atoms with E-state index in [0.29, 0.717) is 11.3 Å². The quantitative estimate of drug-likeness (QED) is 0.396. The molecule has 0 aliphatic carbocycles. The molecule has 0 aliphatic heterocycles. The van der Waals surface area contributed by atoms with Gasteiger partial charge in [0.05, 0.1) is 19.0 Å². The van der Waals surface area contributed by atoms with Gasteiger partial charge in [-0.15, -0.1) is 0 Å². The molecule has 1 heterocycles. The zero-order valence-corrected chi connectivity index (χ0v) is 14.7. The summed E-state index contributed by atoms with van der Waals surface area (Å²) in [4.78, 5) is 25.4. The van der Waals surface area contributed by atoms with E-state index in [1.165, 1.54) is 12.5 Å². The maximum absolute atomic E-state index is 11.7. The van der Waals surface area contributed by atoms with E-state index >= 15 is 0 Å². The van der Waals surface area contributed by atoms with Gasteiger partial charge in [-0.2, -0.15) is 5.10 Å². The van der Waals surface area contributed by atoms with Crippen molar-refractivity contribution in [3.8, 4) is 5.75 Å². The van der Waals surface area contributed by atoms with Crippen molar-refractivity contribution in [3.63, 3.8) is 0 Å². The SMILES string of the molecule is CCN(CC)c1ccc(/C=N/NC(=O)C(=O)NCc2ccco2)c(O)c1. The van der Waals surface area contributed by atoms with Crippen LogP contribution in [0.25, 0.3) is 0 Å². The number of furan rings is 1. The van der Waals surface area contributed by atoms with Gasteiger partial charge in [0.1, 0.15) is 11.5 Å². The number of hydrogen-bond acceptors (Lipinski definition) is 6. The van der Waals surface area contributed by atoms with Crippen LogP contribution in [0.3, 0.4) is 0 Å². The van der Waals surface area contributed by atoms with E-state index in [2.05, 4.69) is 20.7 Å². The van der Waals surface area contributed by atoms with Gasteiger partial charge in [-0.3, -0.25) is 9.59 Å². The number of phenolic OH excluding ortho intramolecular Hbond substituents is 1. The van der Waals surface area contributed by atoms with Crippen LogP contribution in [0.5, 0.6) is 5.75 Å². The highest BCUT2D eigenvalue weighted by molar-refractivity contribution is 6.35. The van der Waals surface area contributed by atoms with Crippen molar-refractivity contribution >= 4 is 23.7 Å². The Morgan fingerprint density at radius 2 is 2.00 bits per heavy atom. The number of carbonyl (C=O) groups is 2. The molecule has 0 spiro atoms. The average Bonchev–Trinajstić information content (AvgIpc) is 3.16. The van der Waals surface area contributed by atoms with E-state index in [9.17, 15) is 14.7 Å². The summed E-state index contributed by atoms with van der Waals surface area (Å²) in [6.45, 7) is 5.82. The van der Waals surface area contributed by atoms with E-state index in [0.717, 1.165) is 18.8 Å². The fourth-order valence-corrected chi connectivity index (χ4v) is 2.30. The molecule has 138 valence electrons. The first-order chi connectivity index (χ1) is 12.5. The summed E-state index contributed by atoms with van der Waals surface area (Å²) in [5, 5.41) is 16.2. The van der Waals surface area contributed by atoms with Crippen LogP contribution in [-0.4, -0.2) is 36.2 Å². The molecule has 2 amide bonds. The van der Waals surface area contributed by atoms with Gasteiger partial charge < -0.3 is 19.7 Å². The summed E-state index contributed by atoms with van der Waals surface area (Å²) in [6.07, 6.45) is 2.75. The number of aromatic hydroxyl groups is 1. The van der Waals surface area contributed by atoms with Crippen LogP contribution in [0.4, 0.5) is 5.69 Å². The monoisotopic (exact) mass is 358 g/mol. The van der Waals surface area contributed by atoms with Crippen LogP contribution < -0.4 is 15.6 Å². The first-order valence-electron chi connectivity index (χ1n) is 8.26. The molecule has 0 aliphatic rings. The molecule has 3 N–H and O–H groups in total. The predicted octanol–water partition coefficient (Wildman–Crippen LogP) is 1.60. The first-order valence-corrected chi connectivity index (χ1v) is 8.26. The second kappa shape index (κ2) is 9.26. The van der Waals surface area contributed by atoms with E-state index in [1.807, 2.05) is 19.9 Å². The number of hydrazone groups is 1. The molecule has 0 unspecified atom stereocenters. The molecular formula is C18H22N4O4. The zero-order chi connectivity index (χ0) is 18.9. The van der Waals surface area contributed by atoms with Gasteiger partial charge in [-0.1, -0.05) is 0 Å². The highest BCUT2D eigenvalue weighted by Gasteiger charge is 2.12. The lowest BCUT2D eigenvalue weighted by Crippen LogP contribution is -2.37. The molecule has 1 aromatic carbocycles. The molecule has 0 atom stereocenters. The number of hydrogen-bond donors (Lipinski definition) is 3. The Bertz CT molecular complexity index is 768. The molecule has 2 aromatic rings. The number of nitrogens with zero attached hydrogens (tertiary/aromatic N) is 2. The summed E-state index contributed by atoms with van der Waals surface area (Å²) in [5.41, 5.74) is 3.44. The number of nitrogens with one attached hydrogen (secondary N) is 2. The fourth-order valence-electron chi connectivity index (χ4n) is 2.30. The van der Waals surface area contributed by atoms with E-state index < -0.39 is 11.8 Å². The largest absolute Gasteiger partial charge is 0.507 e. The predicted molar refractivity (Wildman–Crippen MR) is 98.0 cm³/mol. The molecule has 1 aromatic heterocycles. The third-order valence-electron chi connectivity index (χ3n) is 3.72.